The summed E-state index contributed by atoms with van der Waals surface area (Å²) in [5.41, 5.74) is 0.418. The highest BCUT2D eigenvalue weighted by molar-refractivity contribution is 9.10. The third kappa shape index (κ3) is 2.04. The topological polar surface area (TPSA) is 40.5 Å². The number of nitrogens with zero attached hydrogens (tertiary/aromatic N) is 1. The second kappa shape index (κ2) is 3.96. The minimum Gasteiger partial charge on any atom is -0.478 e. The molecule has 1 aromatic carbocycles. The summed E-state index contributed by atoms with van der Waals surface area (Å²) in [6.45, 7) is 0. The molecule has 0 aliphatic heterocycles. The van der Waals surface area contributed by atoms with Crippen LogP contribution in [-0.4, -0.2) is 25.2 Å². The van der Waals surface area contributed by atoms with Gasteiger partial charge in [-0.1, -0.05) is 0 Å². The fraction of sp³-hybridized carbons (Fsp3) is 0.222. The Morgan fingerprint density at radius 3 is 2.50 bits per heavy atom. The Morgan fingerprint density at radius 2 is 2.07 bits per heavy atom. The normalized spacial score (nSPS) is 10.0. The van der Waals surface area contributed by atoms with E-state index in [2.05, 4.69) is 15.9 Å². The van der Waals surface area contributed by atoms with Crippen LogP contribution < -0.4 is 4.90 Å². The highest BCUT2D eigenvalue weighted by Crippen LogP contribution is 2.26. The molecule has 1 N–H and O–H groups in total. The average molecular weight is 262 g/mol. The monoisotopic (exact) mass is 261 g/mol. The predicted octanol–water partition coefficient (Wildman–Crippen LogP) is 2.35. The number of aromatic carboxylic acids is 1. The molecule has 1 aromatic rings. The van der Waals surface area contributed by atoms with Gasteiger partial charge in [0, 0.05) is 14.1 Å². The molecule has 0 atom stereocenters. The number of rotatable bonds is 2. The molecule has 0 aliphatic rings. The van der Waals surface area contributed by atoms with Crippen LogP contribution in [0.15, 0.2) is 16.6 Å². The quantitative estimate of drug-likeness (QED) is 0.889. The molecule has 3 nitrogen and oxygen atoms in total. The van der Waals surface area contributed by atoms with Gasteiger partial charge in [-0.05, 0) is 28.1 Å². The first-order valence-corrected chi connectivity index (χ1v) is 4.62. The van der Waals surface area contributed by atoms with E-state index < -0.39 is 11.8 Å². The number of carboxylic acids is 1. The van der Waals surface area contributed by atoms with Crippen molar-refractivity contribution in [2.24, 2.45) is 0 Å². The molecular formula is C9H9BrFNO2. The lowest BCUT2D eigenvalue weighted by atomic mass is 10.1. The molecule has 76 valence electrons. The van der Waals surface area contributed by atoms with E-state index in [4.69, 9.17) is 5.11 Å². The number of hydrogen-bond donors (Lipinski definition) is 1. The van der Waals surface area contributed by atoms with Crippen molar-refractivity contribution in [2.45, 2.75) is 0 Å². The third-order valence-corrected chi connectivity index (χ3v) is 2.36. The lowest BCUT2D eigenvalue weighted by molar-refractivity contribution is 0.0697. The Balaban J connectivity index is 3.39. The summed E-state index contributed by atoms with van der Waals surface area (Å²) in [6, 6.07) is 2.44. The zero-order valence-electron chi connectivity index (χ0n) is 7.71. The van der Waals surface area contributed by atoms with Crippen LogP contribution in [0, 0.1) is 5.82 Å². The van der Waals surface area contributed by atoms with Crippen LogP contribution in [0.5, 0.6) is 0 Å². The van der Waals surface area contributed by atoms with Gasteiger partial charge in [-0.25, -0.2) is 9.18 Å². The third-order valence-electron chi connectivity index (χ3n) is 1.75. The predicted molar refractivity (Wildman–Crippen MR) is 55.4 cm³/mol. The van der Waals surface area contributed by atoms with Gasteiger partial charge in [0.05, 0.1) is 15.7 Å². The molecule has 0 fully saturated rings. The van der Waals surface area contributed by atoms with Crippen LogP contribution in [-0.2, 0) is 0 Å². The van der Waals surface area contributed by atoms with Gasteiger partial charge in [0.1, 0.15) is 5.82 Å². The largest absolute Gasteiger partial charge is 0.478 e. The van der Waals surface area contributed by atoms with Crippen molar-refractivity contribution in [3.8, 4) is 0 Å². The Bertz CT molecular complexity index is 379. The van der Waals surface area contributed by atoms with E-state index in [-0.39, 0.29) is 10.0 Å². The number of anilines is 1. The molecule has 0 aromatic heterocycles. The van der Waals surface area contributed by atoms with Crippen LogP contribution in [0.4, 0.5) is 10.1 Å². The first kappa shape index (κ1) is 11.0. The summed E-state index contributed by atoms with van der Waals surface area (Å²) in [5, 5.41) is 8.82. The van der Waals surface area contributed by atoms with Crippen molar-refractivity contribution < 1.29 is 14.3 Å². The molecule has 0 aliphatic carbocycles. The highest BCUT2D eigenvalue weighted by Gasteiger charge is 2.15. The van der Waals surface area contributed by atoms with Crippen molar-refractivity contribution in [3.05, 3.63) is 28.0 Å². The number of carbonyl (C=O) groups is 1. The van der Waals surface area contributed by atoms with Gasteiger partial charge in [0.2, 0.25) is 0 Å². The Hall–Kier alpha value is -1.10. The molecule has 0 saturated carbocycles. The summed E-state index contributed by atoms with van der Waals surface area (Å²) in [4.78, 5) is 12.4. The Kier molecular flexibility index (Phi) is 3.10. The van der Waals surface area contributed by atoms with Crippen LogP contribution in [0.1, 0.15) is 10.4 Å². The van der Waals surface area contributed by atoms with E-state index >= 15 is 0 Å². The molecule has 0 unspecified atom stereocenters. The number of hydrogen-bond acceptors (Lipinski definition) is 2. The summed E-state index contributed by atoms with van der Waals surface area (Å²) in [6.07, 6.45) is 0. The first-order valence-electron chi connectivity index (χ1n) is 3.83. The SMILES string of the molecule is CN(C)c1cc(Br)c(F)cc1C(=O)O. The lowest BCUT2D eigenvalue weighted by Gasteiger charge is -2.15. The fourth-order valence-corrected chi connectivity index (χ4v) is 1.41. The van der Waals surface area contributed by atoms with Crippen molar-refractivity contribution in [3.63, 3.8) is 0 Å². The summed E-state index contributed by atoms with van der Waals surface area (Å²) in [5.74, 6) is -1.71. The zero-order valence-corrected chi connectivity index (χ0v) is 9.30. The van der Waals surface area contributed by atoms with Gasteiger partial charge >= 0.3 is 5.97 Å². The van der Waals surface area contributed by atoms with Crippen molar-refractivity contribution >= 4 is 27.6 Å². The Labute approximate surface area is 89.3 Å². The van der Waals surface area contributed by atoms with Crippen molar-refractivity contribution in [1.29, 1.82) is 0 Å². The van der Waals surface area contributed by atoms with Gasteiger partial charge in [0.15, 0.2) is 0 Å². The smallest absolute Gasteiger partial charge is 0.337 e. The van der Waals surface area contributed by atoms with Crippen LogP contribution in [0.3, 0.4) is 0 Å². The average Bonchev–Trinajstić information content (AvgIpc) is 2.08. The van der Waals surface area contributed by atoms with Crippen molar-refractivity contribution in [1.82, 2.24) is 0 Å². The van der Waals surface area contributed by atoms with Gasteiger partial charge in [-0.2, -0.15) is 0 Å². The molecule has 0 heterocycles. The standard InChI is InChI=1S/C9H9BrFNO2/c1-12(2)8-4-6(10)7(11)3-5(8)9(13)14/h3-4H,1-2H3,(H,13,14). The van der Waals surface area contributed by atoms with E-state index in [9.17, 15) is 9.18 Å². The molecule has 0 spiro atoms. The van der Waals surface area contributed by atoms with Crippen LogP contribution >= 0.6 is 15.9 Å². The molecule has 0 bridgehead atoms. The van der Waals surface area contributed by atoms with E-state index in [0.29, 0.717) is 5.69 Å². The molecule has 0 radical (unpaired) electrons. The van der Waals surface area contributed by atoms with Gasteiger partial charge < -0.3 is 10.0 Å². The van der Waals surface area contributed by atoms with Crippen LogP contribution in [0.25, 0.3) is 0 Å². The minimum atomic E-state index is -1.14. The minimum absolute atomic E-state index is 0.0456. The highest BCUT2D eigenvalue weighted by atomic mass is 79.9. The number of benzene rings is 1. The Morgan fingerprint density at radius 1 is 1.50 bits per heavy atom. The molecule has 0 saturated heterocycles. The molecule has 5 heteroatoms. The second-order valence-corrected chi connectivity index (χ2v) is 3.84. The zero-order chi connectivity index (χ0) is 10.9. The molecule has 0 amide bonds. The number of carboxylic acid groups (broad SMARTS) is 1. The first-order chi connectivity index (χ1) is 6.43. The summed E-state index contributed by atoms with van der Waals surface area (Å²) >= 11 is 3.00. The summed E-state index contributed by atoms with van der Waals surface area (Å²) < 4.78 is 13.3. The van der Waals surface area contributed by atoms with Gasteiger partial charge in [-0.15, -0.1) is 0 Å². The van der Waals surface area contributed by atoms with Crippen LogP contribution in [0.2, 0.25) is 0 Å². The van der Waals surface area contributed by atoms with Gasteiger partial charge in [0.25, 0.3) is 0 Å². The van der Waals surface area contributed by atoms with E-state index in [1.54, 1.807) is 19.0 Å². The maximum atomic E-state index is 13.1. The molecular weight excluding hydrogens is 253 g/mol. The summed E-state index contributed by atoms with van der Waals surface area (Å²) in [7, 11) is 3.40. The maximum Gasteiger partial charge on any atom is 0.337 e. The van der Waals surface area contributed by atoms with E-state index in [0.717, 1.165) is 6.07 Å². The number of halogens is 2. The molecule has 14 heavy (non-hydrogen) atoms. The maximum absolute atomic E-state index is 13.1. The molecule has 1 rings (SSSR count). The second-order valence-electron chi connectivity index (χ2n) is 2.98. The lowest BCUT2D eigenvalue weighted by Crippen LogP contribution is -2.14. The van der Waals surface area contributed by atoms with Gasteiger partial charge in [-0.3, -0.25) is 0 Å². The van der Waals surface area contributed by atoms with E-state index in [1.807, 2.05) is 0 Å². The van der Waals surface area contributed by atoms with Crippen molar-refractivity contribution in [2.75, 3.05) is 19.0 Å². The fourth-order valence-electron chi connectivity index (χ4n) is 1.08. The van der Waals surface area contributed by atoms with E-state index in [1.165, 1.54) is 6.07 Å².